The van der Waals surface area contributed by atoms with Crippen LogP contribution in [-0.4, -0.2) is 34.5 Å². The van der Waals surface area contributed by atoms with Crippen molar-refractivity contribution in [2.45, 2.75) is 31.7 Å². The van der Waals surface area contributed by atoms with Crippen LogP contribution in [0.5, 0.6) is 0 Å². The zero-order valence-corrected chi connectivity index (χ0v) is 11.3. The predicted octanol–water partition coefficient (Wildman–Crippen LogP) is 2.41. The minimum absolute atomic E-state index is 0.0792. The number of carbonyl (C=O) groups excluding carboxylic acids is 1. The van der Waals surface area contributed by atoms with Gasteiger partial charge in [-0.3, -0.25) is 4.79 Å². The fourth-order valence-corrected chi connectivity index (χ4v) is 3.27. The molecule has 1 aliphatic heterocycles. The maximum absolute atomic E-state index is 12.0. The third-order valence-electron chi connectivity index (χ3n) is 3.07. The number of carbonyl (C=O) groups is 2. The van der Waals surface area contributed by atoms with Crippen LogP contribution < -0.4 is 0 Å². The van der Waals surface area contributed by atoms with Gasteiger partial charge in [0.15, 0.2) is 0 Å². The molecule has 1 amide bonds. The molecule has 0 radical (unpaired) electrons. The lowest BCUT2D eigenvalue weighted by atomic mass is 10.2. The Balaban J connectivity index is 1.89. The Morgan fingerprint density at radius 3 is 2.89 bits per heavy atom. The monoisotopic (exact) mass is 287 g/mol. The number of likely N-dealkylation sites (tertiary alicyclic amines) is 1. The normalized spacial score (nSPS) is 19.2. The first-order chi connectivity index (χ1) is 8.58. The molecular weight excluding hydrogens is 274 g/mol. The molecule has 6 heteroatoms. The molecule has 18 heavy (non-hydrogen) atoms. The van der Waals surface area contributed by atoms with E-state index in [1.165, 1.54) is 16.2 Å². The molecular formula is C12H14ClNO3S. The highest BCUT2D eigenvalue weighted by molar-refractivity contribution is 7.16. The van der Waals surface area contributed by atoms with Crippen molar-refractivity contribution in [3.63, 3.8) is 0 Å². The smallest absolute Gasteiger partial charge is 0.326 e. The summed E-state index contributed by atoms with van der Waals surface area (Å²) in [5.74, 6) is -0.982. The molecule has 0 aromatic carbocycles. The topological polar surface area (TPSA) is 57.6 Å². The Labute approximate surface area is 114 Å². The molecule has 0 spiro atoms. The summed E-state index contributed by atoms with van der Waals surface area (Å²) in [5, 5.41) is 9.01. The second-order valence-corrected chi connectivity index (χ2v) is 6.09. The number of hydrogen-bond donors (Lipinski definition) is 1. The van der Waals surface area contributed by atoms with Crippen LogP contribution in [0.25, 0.3) is 0 Å². The van der Waals surface area contributed by atoms with Gasteiger partial charge < -0.3 is 10.0 Å². The molecule has 1 aliphatic rings. The number of aliphatic carboxylic acids is 1. The highest BCUT2D eigenvalue weighted by Crippen LogP contribution is 2.24. The largest absolute Gasteiger partial charge is 0.480 e. The van der Waals surface area contributed by atoms with E-state index in [-0.39, 0.29) is 5.91 Å². The van der Waals surface area contributed by atoms with Gasteiger partial charge in [0.2, 0.25) is 5.91 Å². The van der Waals surface area contributed by atoms with E-state index in [0.29, 0.717) is 30.1 Å². The van der Waals surface area contributed by atoms with E-state index in [4.69, 9.17) is 16.7 Å². The Hall–Kier alpha value is -1.07. The molecule has 0 bridgehead atoms. The highest BCUT2D eigenvalue weighted by Gasteiger charge is 2.33. The lowest BCUT2D eigenvalue weighted by Gasteiger charge is -2.21. The molecule has 1 unspecified atom stereocenters. The number of carboxylic acid groups (broad SMARTS) is 1. The van der Waals surface area contributed by atoms with Gasteiger partial charge in [-0.05, 0) is 31.4 Å². The lowest BCUT2D eigenvalue weighted by molar-refractivity contribution is -0.148. The fourth-order valence-electron chi connectivity index (χ4n) is 2.18. The van der Waals surface area contributed by atoms with Crippen LogP contribution in [0, 0.1) is 0 Å². The molecule has 1 atom stereocenters. The van der Waals surface area contributed by atoms with Gasteiger partial charge in [-0.15, -0.1) is 11.3 Å². The summed E-state index contributed by atoms with van der Waals surface area (Å²) in [6.07, 6.45) is 2.30. The zero-order chi connectivity index (χ0) is 13.1. The standard InChI is InChI=1S/C12H14ClNO3S/c13-10-5-3-8(18-10)4-6-11(15)14-7-1-2-9(14)12(16)17/h3,5,9H,1-2,4,6-7H2,(H,16,17). The van der Waals surface area contributed by atoms with E-state index in [2.05, 4.69) is 0 Å². The molecule has 98 valence electrons. The minimum atomic E-state index is -0.903. The average molecular weight is 288 g/mol. The first-order valence-corrected chi connectivity index (χ1v) is 7.04. The SMILES string of the molecule is O=C(O)C1CCCN1C(=O)CCc1ccc(Cl)s1. The van der Waals surface area contributed by atoms with E-state index in [0.717, 1.165) is 11.3 Å². The van der Waals surface area contributed by atoms with Gasteiger partial charge in [-0.25, -0.2) is 4.79 Å². The predicted molar refractivity (Wildman–Crippen MR) is 70.0 cm³/mol. The molecule has 0 saturated carbocycles. The van der Waals surface area contributed by atoms with Gasteiger partial charge in [0, 0.05) is 17.8 Å². The van der Waals surface area contributed by atoms with Crippen molar-refractivity contribution in [3.8, 4) is 0 Å². The molecule has 1 fully saturated rings. The summed E-state index contributed by atoms with van der Waals surface area (Å²) < 4.78 is 0.710. The molecule has 2 heterocycles. The van der Waals surface area contributed by atoms with Crippen molar-refractivity contribution in [1.29, 1.82) is 0 Å². The average Bonchev–Trinajstić information content (AvgIpc) is 2.94. The Morgan fingerprint density at radius 1 is 1.50 bits per heavy atom. The van der Waals surface area contributed by atoms with Crippen LogP contribution in [-0.2, 0) is 16.0 Å². The lowest BCUT2D eigenvalue weighted by Crippen LogP contribution is -2.40. The van der Waals surface area contributed by atoms with Gasteiger partial charge in [0.05, 0.1) is 4.34 Å². The minimum Gasteiger partial charge on any atom is -0.480 e. The van der Waals surface area contributed by atoms with Crippen molar-refractivity contribution >= 4 is 34.8 Å². The molecule has 0 aliphatic carbocycles. The summed E-state index contributed by atoms with van der Waals surface area (Å²) in [7, 11) is 0. The van der Waals surface area contributed by atoms with Crippen LogP contribution in [0.4, 0.5) is 0 Å². The second kappa shape index (κ2) is 5.71. The number of thiophene rings is 1. The van der Waals surface area contributed by atoms with Gasteiger partial charge in [-0.1, -0.05) is 11.6 Å². The van der Waals surface area contributed by atoms with Crippen LogP contribution >= 0.6 is 22.9 Å². The molecule has 1 N–H and O–H groups in total. The quantitative estimate of drug-likeness (QED) is 0.925. The number of hydrogen-bond acceptors (Lipinski definition) is 3. The summed E-state index contributed by atoms with van der Waals surface area (Å²) in [4.78, 5) is 25.5. The first-order valence-electron chi connectivity index (χ1n) is 5.84. The first kappa shape index (κ1) is 13.4. The van der Waals surface area contributed by atoms with Crippen molar-refractivity contribution < 1.29 is 14.7 Å². The maximum atomic E-state index is 12.0. The van der Waals surface area contributed by atoms with Crippen molar-refractivity contribution in [2.24, 2.45) is 0 Å². The van der Waals surface area contributed by atoms with E-state index >= 15 is 0 Å². The van der Waals surface area contributed by atoms with E-state index in [1.807, 2.05) is 12.1 Å². The van der Waals surface area contributed by atoms with Crippen LogP contribution in [0.3, 0.4) is 0 Å². The molecule has 4 nitrogen and oxygen atoms in total. The van der Waals surface area contributed by atoms with Crippen molar-refractivity contribution in [3.05, 3.63) is 21.3 Å². The third-order valence-corrected chi connectivity index (χ3v) is 4.36. The summed E-state index contributed by atoms with van der Waals surface area (Å²) in [6.45, 7) is 0.557. The second-order valence-electron chi connectivity index (χ2n) is 4.29. The molecule has 1 aromatic rings. The Kier molecular flexibility index (Phi) is 4.24. The molecule has 1 aromatic heterocycles. The van der Waals surface area contributed by atoms with Crippen LogP contribution in [0.2, 0.25) is 4.34 Å². The van der Waals surface area contributed by atoms with Crippen molar-refractivity contribution in [2.75, 3.05) is 6.54 Å². The maximum Gasteiger partial charge on any atom is 0.326 e. The fraction of sp³-hybridized carbons (Fsp3) is 0.500. The number of rotatable bonds is 4. The highest BCUT2D eigenvalue weighted by atomic mass is 35.5. The zero-order valence-electron chi connectivity index (χ0n) is 9.76. The van der Waals surface area contributed by atoms with E-state index in [9.17, 15) is 9.59 Å². The number of halogens is 1. The number of nitrogens with zero attached hydrogens (tertiary/aromatic N) is 1. The van der Waals surface area contributed by atoms with Crippen LogP contribution in [0.1, 0.15) is 24.1 Å². The van der Waals surface area contributed by atoms with Gasteiger partial charge >= 0.3 is 5.97 Å². The third kappa shape index (κ3) is 3.03. The number of amides is 1. The van der Waals surface area contributed by atoms with Gasteiger partial charge in [0.1, 0.15) is 6.04 Å². The summed E-state index contributed by atoms with van der Waals surface area (Å²) in [5.41, 5.74) is 0. The van der Waals surface area contributed by atoms with Gasteiger partial charge in [0.25, 0.3) is 0 Å². The van der Waals surface area contributed by atoms with Crippen molar-refractivity contribution in [1.82, 2.24) is 4.90 Å². The van der Waals surface area contributed by atoms with Crippen LogP contribution in [0.15, 0.2) is 12.1 Å². The molecule has 1 saturated heterocycles. The Bertz CT molecular complexity index is 460. The number of aryl methyl sites for hydroxylation is 1. The number of carboxylic acids is 1. The summed E-state index contributed by atoms with van der Waals surface area (Å²) in [6, 6.07) is 3.07. The van der Waals surface area contributed by atoms with E-state index < -0.39 is 12.0 Å². The van der Waals surface area contributed by atoms with Gasteiger partial charge in [-0.2, -0.15) is 0 Å². The summed E-state index contributed by atoms with van der Waals surface area (Å²) >= 11 is 7.27. The molecule has 2 rings (SSSR count). The Morgan fingerprint density at radius 2 is 2.28 bits per heavy atom. The van der Waals surface area contributed by atoms with E-state index in [1.54, 1.807) is 0 Å².